The van der Waals surface area contributed by atoms with E-state index in [4.69, 9.17) is 5.11 Å². The fourth-order valence-corrected chi connectivity index (χ4v) is 2.43. The van der Waals surface area contributed by atoms with Gasteiger partial charge in [0.2, 0.25) is 0 Å². The lowest BCUT2D eigenvalue weighted by atomic mass is 9.95. The summed E-state index contributed by atoms with van der Waals surface area (Å²) in [6.07, 6.45) is 6.79. The zero-order valence-corrected chi connectivity index (χ0v) is 14.3. The number of rotatable bonds is 8. The Hall–Kier alpha value is -2.34. The number of hydrogen-bond donors (Lipinski definition) is 3. The molecule has 1 aromatic heterocycles. The van der Waals surface area contributed by atoms with E-state index in [0.29, 0.717) is 13.0 Å². The predicted molar refractivity (Wildman–Crippen MR) is 93.5 cm³/mol. The highest BCUT2D eigenvalue weighted by atomic mass is 16.3. The van der Waals surface area contributed by atoms with Crippen LogP contribution in [-0.2, 0) is 13.1 Å². The third-order valence-electron chi connectivity index (χ3n) is 4.26. The normalized spacial score (nSPS) is 13.3. The van der Waals surface area contributed by atoms with Gasteiger partial charge in [0.05, 0.1) is 6.33 Å². The molecule has 2 amide bonds. The van der Waals surface area contributed by atoms with Crippen LogP contribution in [0.25, 0.3) is 0 Å². The van der Waals surface area contributed by atoms with E-state index < -0.39 is 0 Å². The summed E-state index contributed by atoms with van der Waals surface area (Å²) >= 11 is 0. The molecule has 6 nitrogen and oxygen atoms in total. The Labute approximate surface area is 142 Å². The summed E-state index contributed by atoms with van der Waals surface area (Å²) in [7, 11) is 0. The van der Waals surface area contributed by atoms with E-state index in [1.807, 2.05) is 36.7 Å². The van der Waals surface area contributed by atoms with Crippen molar-refractivity contribution in [1.82, 2.24) is 20.2 Å². The van der Waals surface area contributed by atoms with E-state index in [2.05, 4.69) is 27.8 Å². The van der Waals surface area contributed by atoms with Gasteiger partial charge in [-0.2, -0.15) is 0 Å². The molecule has 130 valence electrons. The fourth-order valence-electron chi connectivity index (χ4n) is 2.43. The molecular formula is C18H26N4O2. The summed E-state index contributed by atoms with van der Waals surface area (Å²) in [4.78, 5) is 16.1. The maximum absolute atomic E-state index is 12.0. The Morgan fingerprint density at radius 1 is 1.29 bits per heavy atom. The van der Waals surface area contributed by atoms with Crippen LogP contribution in [0.1, 0.15) is 37.8 Å². The molecule has 24 heavy (non-hydrogen) atoms. The number of urea groups is 1. The molecule has 0 saturated heterocycles. The van der Waals surface area contributed by atoms with Crippen molar-refractivity contribution in [2.75, 3.05) is 6.61 Å². The van der Waals surface area contributed by atoms with E-state index >= 15 is 0 Å². The second kappa shape index (κ2) is 8.49. The molecule has 0 saturated carbocycles. The summed E-state index contributed by atoms with van der Waals surface area (Å²) < 4.78 is 2.01. The minimum atomic E-state index is -0.381. The van der Waals surface area contributed by atoms with Gasteiger partial charge in [-0.15, -0.1) is 0 Å². The minimum absolute atomic E-state index is 0.0585. The number of amides is 2. The summed E-state index contributed by atoms with van der Waals surface area (Å²) in [5.74, 6) is 0. The van der Waals surface area contributed by atoms with Crippen LogP contribution >= 0.6 is 0 Å². The molecule has 1 unspecified atom stereocenters. The Kier molecular flexibility index (Phi) is 6.37. The number of nitrogens with one attached hydrogen (secondary N) is 2. The van der Waals surface area contributed by atoms with Crippen molar-refractivity contribution in [2.45, 2.75) is 45.3 Å². The summed E-state index contributed by atoms with van der Waals surface area (Å²) in [6, 6.07) is 7.92. The van der Waals surface area contributed by atoms with Crippen LogP contribution in [0.3, 0.4) is 0 Å². The lowest BCUT2D eigenvalue weighted by molar-refractivity contribution is 0.200. The highest BCUT2D eigenvalue weighted by molar-refractivity contribution is 5.74. The van der Waals surface area contributed by atoms with Crippen molar-refractivity contribution in [1.29, 1.82) is 0 Å². The summed E-state index contributed by atoms with van der Waals surface area (Å²) in [5.41, 5.74) is 1.84. The zero-order chi connectivity index (χ0) is 17.4. The van der Waals surface area contributed by atoms with Crippen molar-refractivity contribution in [2.24, 2.45) is 0 Å². The Bertz CT molecular complexity index is 625. The van der Waals surface area contributed by atoms with Crippen molar-refractivity contribution in [3.05, 3.63) is 54.1 Å². The molecule has 2 rings (SSSR count). The maximum atomic E-state index is 12.0. The third kappa shape index (κ3) is 5.38. The Morgan fingerprint density at radius 3 is 2.58 bits per heavy atom. The highest BCUT2D eigenvalue weighted by Gasteiger charge is 2.23. The average molecular weight is 330 g/mol. The topological polar surface area (TPSA) is 79.2 Å². The SMILES string of the molecule is CCC(C)(CCO)NC(=O)NCc1ccc(Cn2ccnc2)cc1. The molecule has 1 atom stereocenters. The van der Waals surface area contributed by atoms with Gasteiger partial charge in [0.1, 0.15) is 0 Å². The molecule has 1 aromatic carbocycles. The number of benzene rings is 1. The quantitative estimate of drug-likeness (QED) is 0.695. The second-order valence-corrected chi connectivity index (χ2v) is 6.25. The summed E-state index contributed by atoms with van der Waals surface area (Å²) in [5, 5.41) is 14.9. The molecular weight excluding hydrogens is 304 g/mol. The smallest absolute Gasteiger partial charge is 0.315 e. The van der Waals surface area contributed by atoms with E-state index in [1.54, 1.807) is 12.5 Å². The van der Waals surface area contributed by atoms with Crippen LogP contribution in [0.5, 0.6) is 0 Å². The van der Waals surface area contributed by atoms with Gasteiger partial charge >= 0.3 is 6.03 Å². The molecule has 2 aromatic rings. The number of aromatic nitrogens is 2. The number of aliphatic hydroxyl groups excluding tert-OH is 1. The van der Waals surface area contributed by atoms with Gasteiger partial charge in [0.15, 0.2) is 0 Å². The van der Waals surface area contributed by atoms with E-state index in [9.17, 15) is 4.79 Å². The molecule has 0 aliphatic carbocycles. The molecule has 3 N–H and O–H groups in total. The van der Waals surface area contributed by atoms with E-state index in [1.165, 1.54) is 5.56 Å². The number of carbonyl (C=O) groups excluding carboxylic acids is 1. The van der Waals surface area contributed by atoms with Crippen LogP contribution < -0.4 is 10.6 Å². The predicted octanol–water partition coefficient (Wildman–Crippen LogP) is 2.28. The highest BCUT2D eigenvalue weighted by Crippen LogP contribution is 2.13. The molecule has 0 aliphatic heterocycles. The molecule has 0 spiro atoms. The molecule has 0 bridgehead atoms. The molecule has 6 heteroatoms. The molecule has 0 fully saturated rings. The molecule has 1 heterocycles. The van der Waals surface area contributed by atoms with E-state index in [-0.39, 0.29) is 18.2 Å². The van der Waals surface area contributed by atoms with Crippen LogP contribution in [0.15, 0.2) is 43.0 Å². The number of hydrogen-bond acceptors (Lipinski definition) is 3. The Balaban J connectivity index is 1.82. The first-order chi connectivity index (χ1) is 11.5. The maximum Gasteiger partial charge on any atom is 0.315 e. The van der Waals surface area contributed by atoms with Gasteiger partial charge in [0.25, 0.3) is 0 Å². The summed E-state index contributed by atoms with van der Waals surface area (Å²) in [6.45, 7) is 5.24. The van der Waals surface area contributed by atoms with Crippen molar-refractivity contribution < 1.29 is 9.90 Å². The van der Waals surface area contributed by atoms with Crippen molar-refractivity contribution in [3.8, 4) is 0 Å². The van der Waals surface area contributed by atoms with Gasteiger partial charge < -0.3 is 20.3 Å². The van der Waals surface area contributed by atoms with Crippen molar-refractivity contribution >= 4 is 6.03 Å². The lowest BCUT2D eigenvalue weighted by Gasteiger charge is -2.29. The standard InChI is InChI=1S/C18H26N4O2/c1-3-18(2,8-11-23)21-17(24)20-12-15-4-6-16(7-5-15)13-22-10-9-19-14-22/h4-7,9-10,14,23H,3,8,11-13H2,1-2H3,(H2,20,21,24). The number of aliphatic hydroxyl groups is 1. The first-order valence-electron chi connectivity index (χ1n) is 8.25. The van der Waals surface area contributed by atoms with Crippen LogP contribution in [-0.4, -0.2) is 32.8 Å². The van der Waals surface area contributed by atoms with Crippen LogP contribution in [0, 0.1) is 0 Å². The van der Waals surface area contributed by atoms with E-state index in [0.717, 1.165) is 18.5 Å². The fraction of sp³-hybridized carbons (Fsp3) is 0.444. The van der Waals surface area contributed by atoms with Gasteiger partial charge in [-0.1, -0.05) is 31.2 Å². The van der Waals surface area contributed by atoms with Gasteiger partial charge in [-0.3, -0.25) is 0 Å². The first kappa shape index (κ1) is 18.0. The first-order valence-corrected chi connectivity index (χ1v) is 8.25. The van der Waals surface area contributed by atoms with Crippen LogP contribution in [0.2, 0.25) is 0 Å². The van der Waals surface area contributed by atoms with Gasteiger partial charge in [-0.05, 0) is 30.9 Å². The monoisotopic (exact) mass is 330 g/mol. The lowest BCUT2D eigenvalue weighted by Crippen LogP contribution is -2.50. The largest absolute Gasteiger partial charge is 0.396 e. The number of carbonyl (C=O) groups is 1. The average Bonchev–Trinajstić information content (AvgIpc) is 3.07. The molecule has 0 radical (unpaired) electrons. The Morgan fingerprint density at radius 2 is 2.00 bits per heavy atom. The minimum Gasteiger partial charge on any atom is -0.396 e. The molecule has 0 aliphatic rings. The number of nitrogens with zero attached hydrogens (tertiary/aromatic N) is 2. The van der Waals surface area contributed by atoms with Gasteiger partial charge in [-0.25, -0.2) is 9.78 Å². The third-order valence-corrected chi connectivity index (χ3v) is 4.26. The zero-order valence-electron chi connectivity index (χ0n) is 14.3. The van der Waals surface area contributed by atoms with Crippen LogP contribution in [0.4, 0.5) is 4.79 Å². The van der Waals surface area contributed by atoms with Gasteiger partial charge in [0, 0.05) is 37.6 Å². The second-order valence-electron chi connectivity index (χ2n) is 6.25. The van der Waals surface area contributed by atoms with Crippen molar-refractivity contribution in [3.63, 3.8) is 0 Å². The number of imidazole rings is 1.